The summed E-state index contributed by atoms with van der Waals surface area (Å²) < 4.78 is 34.7. The molecule has 1 fully saturated rings. The number of aromatic nitrogens is 1. The molecule has 1 saturated heterocycles. The Morgan fingerprint density at radius 2 is 2.03 bits per heavy atom. The van der Waals surface area contributed by atoms with Crippen LogP contribution in [0.1, 0.15) is 18.1 Å². The first-order valence-corrected chi connectivity index (χ1v) is 13.5. The van der Waals surface area contributed by atoms with Gasteiger partial charge >= 0.3 is 0 Å². The van der Waals surface area contributed by atoms with E-state index in [0.29, 0.717) is 30.7 Å². The number of hydrogen-bond acceptors (Lipinski definition) is 6. The van der Waals surface area contributed by atoms with Crippen LogP contribution in [0.3, 0.4) is 0 Å². The molecule has 11 heteroatoms. The summed E-state index contributed by atoms with van der Waals surface area (Å²) in [6.45, 7) is 9.36. The Bertz CT molecular complexity index is 1440. The maximum Gasteiger partial charge on any atom is 0.243 e. The average molecular weight is 528 g/mol. The number of aryl methyl sites for hydroxylation is 2. The van der Waals surface area contributed by atoms with Gasteiger partial charge in [0, 0.05) is 30.7 Å². The molecule has 3 aromatic rings. The second-order valence-electron chi connectivity index (χ2n) is 8.36. The fraction of sp³-hybridized carbons (Fsp3) is 0.320. The predicted molar refractivity (Wildman–Crippen MR) is 145 cm³/mol. The first-order valence-electron chi connectivity index (χ1n) is 11.6. The average Bonchev–Trinajstić information content (AvgIpc) is 3.14. The number of ether oxygens (including phenoxy) is 1. The molecule has 1 aromatic heterocycles. The number of benzene rings is 2. The maximum atomic E-state index is 13.2. The summed E-state index contributed by atoms with van der Waals surface area (Å²) in [6.07, 6.45) is 2.45. The summed E-state index contributed by atoms with van der Waals surface area (Å²) in [4.78, 5) is 0.109. The van der Waals surface area contributed by atoms with Crippen molar-refractivity contribution in [2.24, 2.45) is 10.2 Å². The van der Waals surface area contributed by atoms with Gasteiger partial charge in [-0.2, -0.15) is 4.31 Å². The SMILES string of the molecule is C=CCn1c(O)c(N=NC(=S)Nc2c(C)cccc2CC)c2cc(S(=O)(=O)N3CCOCC3)ccc21. The fourth-order valence-electron chi connectivity index (χ4n) is 4.24. The summed E-state index contributed by atoms with van der Waals surface area (Å²) in [5.41, 5.74) is 3.73. The smallest absolute Gasteiger partial charge is 0.243 e. The Morgan fingerprint density at radius 1 is 1.28 bits per heavy atom. The lowest BCUT2D eigenvalue weighted by Gasteiger charge is -2.26. The third-order valence-corrected chi connectivity index (χ3v) is 8.19. The number of allylic oxidation sites excluding steroid dienone is 1. The lowest BCUT2D eigenvalue weighted by molar-refractivity contribution is 0.0730. The van der Waals surface area contributed by atoms with E-state index in [-0.39, 0.29) is 34.7 Å². The van der Waals surface area contributed by atoms with Crippen LogP contribution in [0, 0.1) is 6.92 Å². The summed E-state index contributed by atoms with van der Waals surface area (Å²) in [5, 5.41) is 23.0. The van der Waals surface area contributed by atoms with Gasteiger partial charge in [-0.25, -0.2) is 8.42 Å². The van der Waals surface area contributed by atoms with Crippen LogP contribution in [0.25, 0.3) is 10.9 Å². The van der Waals surface area contributed by atoms with Crippen molar-refractivity contribution >= 4 is 49.6 Å². The third-order valence-electron chi connectivity index (χ3n) is 6.11. The van der Waals surface area contributed by atoms with Gasteiger partial charge in [-0.05, 0) is 54.9 Å². The zero-order valence-corrected chi connectivity index (χ0v) is 21.9. The number of anilines is 1. The maximum absolute atomic E-state index is 13.2. The third kappa shape index (κ3) is 5.05. The lowest BCUT2D eigenvalue weighted by Crippen LogP contribution is -2.40. The van der Waals surface area contributed by atoms with E-state index in [9.17, 15) is 13.5 Å². The van der Waals surface area contributed by atoms with E-state index >= 15 is 0 Å². The first-order chi connectivity index (χ1) is 17.3. The number of aromatic hydroxyl groups is 1. The van der Waals surface area contributed by atoms with E-state index in [0.717, 1.165) is 23.2 Å². The van der Waals surface area contributed by atoms with Crippen LogP contribution in [-0.2, 0) is 27.7 Å². The van der Waals surface area contributed by atoms with E-state index < -0.39 is 10.0 Å². The van der Waals surface area contributed by atoms with E-state index in [4.69, 9.17) is 17.0 Å². The minimum Gasteiger partial charge on any atom is -0.493 e. The molecule has 4 rings (SSSR count). The van der Waals surface area contributed by atoms with Crippen LogP contribution in [0.5, 0.6) is 5.88 Å². The standard InChI is InChI=1S/C25H29N5O4S2/c1-4-11-30-21-10-9-19(36(32,33)29-12-14-34-15-13-29)16-20(21)23(24(30)31)27-28-25(35)26-22-17(3)7-6-8-18(22)5-2/h4,6-10,16,31H,1,5,11-15H2,2-3H3,(H,26,35). The second kappa shape index (κ2) is 10.9. The van der Waals surface area contributed by atoms with Gasteiger partial charge in [0.05, 0.1) is 23.6 Å². The Balaban J connectivity index is 1.72. The van der Waals surface area contributed by atoms with Gasteiger partial charge in [0.25, 0.3) is 0 Å². The molecule has 190 valence electrons. The van der Waals surface area contributed by atoms with Gasteiger partial charge in [-0.3, -0.25) is 0 Å². The Kier molecular flexibility index (Phi) is 7.84. The van der Waals surface area contributed by atoms with Crippen LogP contribution < -0.4 is 5.32 Å². The van der Waals surface area contributed by atoms with Gasteiger partial charge in [0.2, 0.25) is 21.0 Å². The highest BCUT2D eigenvalue weighted by Gasteiger charge is 2.28. The number of morpholine rings is 1. The summed E-state index contributed by atoms with van der Waals surface area (Å²) in [5.74, 6) is -0.150. The first kappa shape index (κ1) is 26.0. The van der Waals surface area contributed by atoms with Crippen molar-refractivity contribution < 1.29 is 18.3 Å². The summed E-state index contributed by atoms with van der Waals surface area (Å²) in [6, 6.07) is 10.7. The minimum atomic E-state index is -3.74. The van der Waals surface area contributed by atoms with Gasteiger partial charge in [-0.15, -0.1) is 16.8 Å². The van der Waals surface area contributed by atoms with Crippen molar-refractivity contribution in [3.63, 3.8) is 0 Å². The number of nitrogens with one attached hydrogen (secondary N) is 1. The molecule has 0 unspecified atom stereocenters. The second-order valence-corrected chi connectivity index (χ2v) is 10.7. The quantitative estimate of drug-likeness (QED) is 0.257. The molecule has 1 aliphatic rings. The molecule has 0 atom stereocenters. The number of para-hydroxylation sites is 1. The van der Waals surface area contributed by atoms with Crippen molar-refractivity contribution in [3.05, 3.63) is 60.2 Å². The number of fused-ring (bicyclic) bond motifs is 1. The van der Waals surface area contributed by atoms with Crippen molar-refractivity contribution in [2.75, 3.05) is 31.6 Å². The monoisotopic (exact) mass is 527 g/mol. The molecule has 2 heterocycles. The Labute approximate surface area is 216 Å². The molecular formula is C25H29N5O4S2. The Hall–Kier alpha value is -3.12. The van der Waals surface area contributed by atoms with Crippen LogP contribution in [0.2, 0.25) is 0 Å². The molecule has 0 amide bonds. The van der Waals surface area contributed by atoms with Crippen molar-refractivity contribution in [2.45, 2.75) is 31.7 Å². The van der Waals surface area contributed by atoms with Crippen molar-refractivity contribution in [1.29, 1.82) is 0 Å². The van der Waals surface area contributed by atoms with E-state index in [1.807, 2.05) is 25.1 Å². The van der Waals surface area contributed by atoms with Crippen LogP contribution in [0.15, 0.2) is 64.2 Å². The van der Waals surface area contributed by atoms with Gasteiger partial charge < -0.3 is 19.7 Å². The zero-order valence-electron chi connectivity index (χ0n) is 20.3. The van der Waals surface area contributed by atoms with E-state index in [2.05, 4.69) is 29.0 Å². The predicted octanol–water partition coefficient (Wildman–Crippen LogP) is 4.91. The molecule has 36 heavy (non-hydrogen) atoms. The number of thiocarbonyl (C=S) groups is 1. The normalized spacial score (nSPS) is 14.9. The molecule has 2 aromatic carbocycles. The molecular weight excluding hydrogens is 498 g/mol. The number of rotatable bonds is 7. The molecule has 2 N–H and O–H groups in total. The molecule has 1 aliphatic heterocycles. The molecule has 0 radical (unpaired) electrons. The number of nitrogens with zero attached hydrogens (tertiary/aromatic N) is 4. The summed E-state index contributed by atoms with van der Waals surface area (Å²) in [7, 11) is -3.74. The largest absolute Gasteiger partial charge is 0.493 e. The molecule has 0 saturated carbocycles. The summed E-state index contributed by atoms with van der Waals surface area (Å²) >= 11 is 5.41. The van der Waals surface area contributed by atoms with Gasteiger partial charge in [-0.1, -0.05) is 31.2 Å². The highest BCUT2D eigenvalue weighted by Crippen LogP contribution is 2.40. The van der Waals surface area contributed by atoms with Crippen molar-refractivity contribution in [3.8, 4) is 5.88 Å². The molecule has 0 aliphatic carbocycles. The molecule has 9 nitrogen and oxygen atoms in total. The van der Waals surface area contributed by atoms with Gasteiger partial charge in [0.15, 0.2) is 5.69 Å². The lowest BCUT2D eigenvalue weighted by atomic mass is 10.1. The highest BCUT2D eigenvalue weighted by molar-refractivity contribution is 7.89. The fourth-order valence-corrected chi connectivity index (χ4v) is 5.82. The topological polar surface area (TPSA) is 109 Å². The number of sulfonamides is 1. The van der Waals surface area contributed by atoms with Crippen LogP contribution in [-0.4, -0.2) is 53.8 Å². The molecule has 0 spiro atoms. The van der Waals surface area contributed by atoms with Crippen LogP contribution >= 0.6 is 12.2 Å². The van der Waals surface area contributed by atoms with Crippen LogP contribution in [0.4, 0.5) is 11.4 Å². The zero-order chi connectivity index (χ0) is 25.9. The highest BCUT2D eigenvalue weighted by atomic mass is 32.2. The van der Waals surface area contributed by atoms with E-state index in [1.165, 1.54) is 16.4 Å². The minimum absolute atomic E-state index is 0.109. The van der Waals surface area contributed by atoms with E-state index in [1.54, 1.807) is 16.7 Å². The number of hydrogen-bond donors (Lipinski definition) is 2. The Morgan fingerprint density at radius 3 is 2.72 bits per heavy atom. The number of azo groups is 1. The van der Waals surface area contributed by atoms with Gasteiger partial charge in [0.1, 0.15) is 0 Å². The molecule has 0 bridgehead atoms. The van der Waals surface area contributed by atoms with Crippen molar-refractivity contribution in [1.82, 2.24) is 8.87 Å².